The van der Waals surface area contributed by atoms with Gasteiger partial charge in [-0.15, -0.1) is 11.8 Å². The molecule has 1 saturated heterocycles. The fourth-order valence-electron chi connectivity index (χ4n) is 2.14. The third-order valence-corrected chi connectivity index (χ3v) is 6.26. The van der Waals surface area contributed by atoms with Crippen LogP contribution in [0.5, 0.6) is 0 Å². The van der Waals surface area contributed by atoms with Crippen LogP contribution in [0.1, 0.15) is 49.6 Å². The van der Waals surface area contributed by atoms with Crippen molar-refractivity contribution in [2.75, 3.05) is 18.1 Å². The van der Waals surface area contributed by atoms with Gasteiger partial charge in [0, 0.05) is 23.3 Å². The Morgan fingerprint density at radius 2 is 2.22 bits per heavy atom. The predicted molar refractivity (Wildman–Crippen MR) is 78.1 cm³/mol. The van der Waals surface area contributed by atoms with Crippen molar-refractivity contribution in [2.24, 2.45) is 5.73 Å². The molecule has 2 rings (SSSR count). The van der Waals surface area contributed by atoms with Gasteiger partial charge in [0.1, 0.15) is 0 Å². The highest BCUT2D eigenvalue weighted by atomic mass is 32.2. The summed E-state index contributed by atoms with van der Waals surface area (Å²) in [7, 11) is 0. The predicted octanol–water partition coefficient (Wildman–Crippen LogP) is 2.82. The molecule has 2 heterocycles. The normalized spacial score (nSPS) is 26.2. The molecule has 0 spiro atoms. The maximum atomic E-state index is 5.77. The van der Waals surface area contributed by atoms with Crippen molar-refractivity contribution >= 4 is 23.5 Å². The number of hydrogen-bond acceptors (Lipinski definition) is 6. The molecule has 0 saturated carbocycles. The van der Waals surface area contributed by atoms with Crippen LogP contribution in [0.4, 0.5) is 0 Å². The van der Waals surface area contributed by atoms with Crippen LogP contribution < -0.4 is 5.73 Å². The zero-order valence-corrected chi connectivity index (χ0v) is 12.6. The van der Waals surface area contributed by atoms with Crippen LogP contribution in [0.2, 0.25) is 0 Å². The first-order valence-corrected chi connectivity index (χ1v) is 8.62. The summed E-state index contributed by atoms with van der Waals surface area (Å²) in [6.45, 7) is 4.97. The summed E-state index contributed by atoms with van der Waals surface area (Å²) in [5, 5.41) is 5.08. The lowest BCUT2D eigenvalue weighted by atomic mass is 10.0. The number of rotatable bonds is 5. The van der Waals surface area contributed by atoms with Gasteiger partial charge >= 0.3 is 0 Å². The zero-order valence-electron chi connectivity index (χ0n) is 11.0. The fourth-order valence-corrected chi connectivity index (χ4v) is 4.81. The summed E-state index contributed by atoms with van der Waals surface area (Å²) < 4.78 is 5.41. The summed E-state index contributed by atoms with van der Waals surface area (Å²) in [5.41, 5.74) is 5.77. The molecule has 1 aromatic heterocycles. The van der Waals surface area contributed by atoms with Gasteiger partial charge in [0.05, 0.1) is 11.2 Å². The summed E-state index contributed by atoms with van der Waals surface area (Å²) in [6.07, 6.45) is 2.10. The molecule has 1 aliphatic heterocycles. The Labute approximate surface area is 117 Å². The Morgan fingerprint density at radius 3 is 2.89 bits per heavy atom. The van der Waals surface area contributed by atoms with E-state index < -0.39 is 0 Å². The lowest BCUT2D eigenvalue weighted by molar-refractivity contribution is 0.343. The van der Waals surface area contributed by atoms with E-state index in [2.05, 4.69) is 24.0 Å². The lowest BCUT2D eigenvalue weighted by Crippen LogP contribution is -2.17. The van der Waals surface area contributed by atoms with Crippen molar-refractivity contribution in [3.05, 3.63) is 11.7 Å². The zero-order chi connectivity index (χ0) is 13.0. The molecule has 0 aliphatic carbocycles. The van der Waals surface area contributed by atoms with E-state index in [1.165, 1.54) is 11.5 Å². The summed E-state index contributed by atoms with van der Waals surface area (Å²) in [6, 6.07) is 0. The Morgan fingerprint density at radius 1 is 1.44 bits per heavy atom. The first-order valence-electron chi connectivity index (χ1n) is 6.53. The number of hydrogen-bond donors (Lipinski definition) is 1. The molecule has 2 N–H and O–H groups in total. The molecule has 1 aliphatic rings. The quantitative estimate of drug-likeness (QED) is 0.898. The van der Waals surface area contributed by atoms with Crippen molar-refractivity contribution in [2.45, 2.75) is 43.1 Å². The molecular weight excluding hydrogens is 266 g/mol. The molecule has 3 atom stereocenters. The molecule has 0 amide bonds. The SMILES string of the molecule is CCCC(CN)c1nc(C2SCCSC2C)no1. The summed E-state index contributed by atoms with van der Waals surface area (Å²) >= 11 is 3.92. The molecule has 0 aromatic carbocycles. The molecule has 6 heteroatoms. The highest BCUT2D eigenvalue weighted by Gasteiger charge is 2.29. The second-order valence-corrected chi connectivity index (χ2v) is 7.31. The maximum absolute atomic E-state index is 5.77. The minimum Gasteiger partial charge on any atom is -0.339 e. The highest BCUT2D eigenvalue weighted by molar-refractivity contribution is 8.06. The molecule has 102 valence electrons. The molecule has 1 fully saturated rings. The first kappa shape index (κ1) is 14.2. The minimum absolute atomic E-state index is 0.216. The van der Waals surface area contributed by atoms with Gasteiger partial charge in [0.2, 0.25) is 5.89 Å². The van der Waals surface area contributed by atoms with Gasteiger partial charge in [-0.25, -0.2) is 0 Å². The standard InChI is InChI=1S/C12H21N3OS2/c1-3-4-9(7-13)12-14-11(15-16-12)10-8(2)17-5-6-18-10/h8-10H,3-7,13H2,1-2H3. The summed E-state index contributed by atoms with van der Waals surface area (Å²) in [4.78, 5) is 4.58. The van der Waals surface area contributed by atoms with Gasteiger partial charge in [0.15, 0.2) is 5.82 Å². The number of thioether (sulfide) groups is 2. The van der Waals surface area contributed by atoms with Crippen LogP contribution in [0, 0.1) is 0 Å². The van der Waals surface area contributed by atoms with Crippen molar-refractivity contribution in [1.82, 2.24) is 10.1 Å². The first-order chi connectivity index (χ1) is 8.76. The lowest BCUT2D eigenvalue weighted by Gasteiger charge is -2.24. The van der Waals surface area contributed by atoms with Crippen LogP contribution in [-0.4, -0.2) is 33.4 Å². The van der Waals surface area contributed by atoms with Crippen LogP contribution in [-0.2, 0) is 0 Å². The number of nitrogens with zero attached hydrogens (tertiary/aromatic N) is 2. The molecular formula is C12H21N3OS2. The Bertz CT molecular complexity index is 372. The van der Waals surface area contributed by atoms with Gasteiger partial charge in [-0.2, -0.15) is 16.7 Å². The maximum Gasteiger partial charge on any atom is 0.231 e. The average Bonchev–Trinajstić information content (AvgIpc) is 2.85. The molecule has 0 bridgehead atoms. The van der Waals surface area contributed by atoms with Gasteiger partial charge in [-0.3, -0.25) is 0 Å². The van der Waals surface area contributed by atoms with Crippen LogP contribution in [0.3, 0.4) is 0 Å². The van der Waals surface area contributed by atoms with E-state index in [0.29, 0.717) is 17.0 Å². The molecule has 0 radical (unpaired) electrons. The van der Waals surface area contributed by atoms with Crippen molar-refractivity contribution in [3.63, 3.8) is 0 Å². The van der Waals surface area contributed by atoms with E-state index in [1.54, 1.807) is 0 Å². The monoisotopic (exact) mass is 287 g/mol. The van der Waals surface area contributed by atoms with Crippen LogP contribution in [0.25, 0.3) is 0 Å². The third kappa shape index (κ3) is 3.22. The van der Waals surface area contributed by atoms with Gasteiger partial charge in [-0.1, -0.05) is 25.4 Å². The smallest absolute Gasteiger partial charge is 0.231 e. The van der Waals surface area contributed by atoms with Crippen LogP contribution in [0.15, 0.2) is 4.52 Å². The van der Waals surface area contributed by atoms with E-state index >= 15 is 0 Å². The molecule has 4 nitrogen and oxygen atoms in total. The Hall–Kier alpha value is -0.200. The summed E-state index contributed by atoms with van der Waals surface area (Å²) in [5.74, 6) is 4.17. The van der Waals surface area contributed by atoms with Crippen molar-refractivity contribution in [3.8, 4) is 0 Å². The molecule has 3 unspecified atom stereocenters. The third-order valence-electron chi connectivity index (χ3n) is 3.17. The molecule has 1 aromatic rings. The molecule has 18 heavy (non-hydrogen) atoms. The topological polar surface area (TPSA) is 64.9 Å². The van der Waals surface area contributed by atoms with Gasteiger partial charge in [0.25, 0.3) is 0 Å². The van der Waals surface area contributed by atoms with E-state index in [0.717, 1.165) is 24.6 Å². The van der Waals surface area contributed by atoms with Gasteiger partial charge < -0.3 is 10.3 Å². The van der Waals surface area contributed by atoms with E-state index in [-0.39, 0.29) is 5.92 Å². The number of nitrogens with two attached hydrogens (primary N) is 1. The van der Waals surface area contributed by atoms with E-state index in [9.17, 15) is 0 Å². The minimum atomic E-state index is 0.216. The number of aromatic nitrogens is 2. The second kappa shape index (κ2) is 6.82. The second-order valence-electron chi connectivity index (χ2n) is 4.58. The van der Waals surface area contributed by atoms with E-state index in [4.69, 9.17) is 10.3 Å². The Kier molecular flexibility index (Phi) is 5.38. The van der Waals surface area contributed by atoms with Crippen molar-refractivity contribution < 1.29 is 4.52 Å². The average molecular weight is 287 g/mol. The van der Waals surface area contributed by atoms with Gasteiger partial charge in [-0.05, 0) is 6.42 Å². The van der Waals surface area contributed by atoms with Crippen molar-refractivity contribution in [1.29, 1.82) is 0 Å². The van der Waals surface area contributed by atoms with E-state index in [1.807, 2.05) is 23.5 Å². The fraction of sp³-hybridized carbons (Fsp3) is 0.833. The largest absolute Gasteiger partial charge is 0.339 e. The van der Waals surface area contributed by atoms with Crippen LogP contribution >= 0.6 is 23.5 Å². The Balaban J connectivity index is 2.08. The highest BCUT2D eigenvalue weighted by Crippen LogP contribution is 2.41.